The van der Waals surface area contributed by atoms with Crippen molar-refractivity contribution in [1.29, 1.82) is 0 Å². The van der Waals surface area contributed by atoms with Gasteiger partial charge in [-0.2, -0.15) is 0 Å². The van der Waals surface area contributed by atoms with Gasteiger partial charge in [0.15, 0.2) is 0 Å². The zero-order valence-electron chi connectivity index (χ0n) is 10.6. The number of carbonyl (C=O) groups excluding carboxylic acids is 1. The Morgan fingerprint density at radius 1 is 1.42 bits per heavy atom. The lowest BCUT2D eigenvalue weighted by molar-refractivity contribution is -0.111. The summed E-state index contributed by atoms with van der Waals surface area (Å²) in [4.78, 5) is 10.8. The summed E-state index contributed by atoms with van der Waals surface area (Å²) in [5.74, 6) is 0. The zero-order chi connectivity index (χ0) is 14.4. The second-order valence-electron chi connectivity index (χ2n) is 3.78. The highest BCUT2D eigenvalue weighted by atomic mass is 35.5. The topological polar surface area (TPSA) is 70.8 Å². The largest absolute Gasteiger partial charge is 0.444 e. The van der Waals surface area contributed by atoms with Crippen molar-refractivity contribution in [2.45, 2.75) is 19.1 Å². The number of rotatable bonds is 6. The van der Waals surface area contributed by atoms with Crippen LogP contribution in [0.4, 0.5) is 4.79 Å². The van der Waals surface area contributed by atoms with Crippen LogP contribution in [0.5, 0.6) is 0 Å². The van der Waals surface area contributed by atoms with E-state index in [2.05, 4.69) is 0 Å². The number of benzene rings is 1. The van der Waals surface area contributed by atoms with Gasteiger partial charge in [-0.25, -0.2) is 4.79 Å². The predicted molar refractivity (Wildman–Crippen MR) is 72.3 cm³/mol. The van der Waals surface area contributed by atoms with Crippen LogP contribution in [-0.2, 0) is 14.2 Å². The summed E-state index contributed by atoms with van der Waals surface area (Å²) in [5, 5.41) is 0.724. The van der Waals surface area contributed by atoms with Gasteiger partial charge in [0.2, 0.25) is 0 Å². The molecule has 1 aromatic carbocycles. The molecule has 106 valence electrons. The maximum absolute atomic E-state index is 10.8. The quantitative estimate of drug-likeness (QED) is 0.820. The van der Waals surface area contributed by atoms with E-state index in [4.69, 9.17) is 43.1 Å². The molecule has 1 rings (SSSR count). The van der Waals surface area contributed by atoms with E-state index in [0.29, 0.717) is 15.6 Å². The first-order valence-electron chi connectivity index (χ1n) is 5.48. The summed E-state index contributed by atoms with van der Waals surface area (Å²) in [6.07, 6.45) is -2.15. The van der Waals surface area contributed by atoms with Crippen molar-refractivity contribution in [3.8, 4) is 0 Å². The van der Waals surface area contributed by atoms with E-state index in [0.717, 1.165) is 0 Å². The SMILES string of the molecule is COCO[C@H](c1cccc(Cl)c1Cl)[C@@H](C)OC(N)=O. The normalized spacial score (nSPS) is 13.9. The van der Waals surface area contributed by atoms with Crippen LogP contribution in [0, 0.1) is 0 Å². The monoisotopic (exact) mass is 307 g/mol. The molecule has 0 bridgehead atoms. The van der Waals surface area contributed by atoms with Gasteiger partial charge in [-0.3, -0.25) is 0 Å². The van der Waals surface area contributed by atoms with Crippen LogP contribution in [0.15, 0.2) is 18.2 Å². The van der Waals surface area contributed by atoms with Gasteiger partial charge in [0.25, 0.3) is 0 Å². The molecule has 0 fully saturated rings. The van der Waals surface area contributed by atoms with Crippen molar-refractivity contribution in [2.24, 2.45) is 5.73 Å². The molecule has 0 spiro atoms. The summed E-state index contributed by atoms with van der Waals surface area (Å²) in [7, 11) is 1.48. The molecule has 0 saturated heterocycles. The van der Waals surface area contributed by atoms with E-state index in [1.807, 2.05) is 0 Å². The molecule has 0 aliphatic heterocycles. The van der Waals surface area contributed by atoms with Crippen LogP contribution in [0.2, 0.25) is 10.0 Å². The lowest BCUT2D eigenvalue weighted by Gasteiger charge is -2.24. The van der Waals surface area contributed by atoms with Crippen molar-refractivity contribution in [1.82, 2.24) is 0 Å². The van der Waals surface area contributed by atoms with Crippen LogP contribution < -0.4 is 5.73 Å². The molecule has 0 aromatic heterocycles. The maximum atomic E-state index is 10.8. The molecule has 5 nitrogen and oxygen atoms in total. The number of hydrogen-bond donors (Lipinski definition) is 1. The van der Waals surface area contributed by atoms with Crippen LogP contribution in [0.1, 0.15) is 18.6 Å². The van der Waals surface area contributed by atoms with Crippen LogP contribution in [-0.4, -0.2) is 26.1 Å². The minimum Gasteiger partial charge on any atom is -0.444 e. The van der Waals surface area contributed by atoms with E-state index in [9.17, 15) is 4.79 Å². The second-order valence-corrected chi connectivity index (χ2v) is 4.56. The fourth-order valence-corrected chi connectivity index (χ4v) is 2.02. The number of ether oxygens (including phenoxy) is 3. The Labute approximate surface area is 121 Å². The summed E-state index contributed by atoms with van der Waals surface area (Å²) in [5.41, 5.74) is 5.60. The highest BCUT2D eigenvalue weighted by Crippen LogP contribution is 2.34. The van der Waals surface area contributed by atoms with Crippen LogP contribution in [0.3, 0.4) is 0 Å². The fraction of sp³-hybridized carbons (Fsp3) is 0.417. The first-order chi connectivity index (χ1) is 8.97. The van der Waals surface area contributed by atoms with E-state index < -0.39 is 18.3 Å². The van der Waals surface area contributed by atoms with Crippen LogP contribution >= 0.6 is 23.2 Å². The first-order valence-corrected chi connectivity index (χ1v) is 6.23. The average molecular weight is 308 g/mol. The summed E-state index contributed by atoms with van der Waals surface area (Å²) in [6.45, 7) is 1.66. The first kappa shape index (κ1) is 16.0. The molecular formula is C12H15Cl2NO4. The smallest absolute Gasteiger partial charge is 0.404 e. The number of primary amides is 1. The highest BCUT2D eigenvalue weighted by Gasteiger charge is 2.26. The van der Waals surface area contributed by atoms with Crippen molar-refractivity contribution in [3.05, 3.63) is 33.8 Å². The molecule has 0 aliphatic carbocycles. The van der Waals surface area contributed by atoms with Crippen molar-refractivity contribution < 1.29 is 19.0 Å². The van der Waals surface area contributed by atoms with Crippen LogP contribution in [0.25, 0.3) is 0 Å². The number of carbonyl (C=O) groups is 1. The van der Waals surface area contributed by atoms with Gasteiger partial charge < -0.3 is 19.9 Å². The van der Waals surface area contributed by atoms with Crippen molar-refractivity contribution >= 4 is 29.3 Å². The Morgan fingerprint density at radius 3 is 2.68 bits per heavy atom. The lowest BCUT2D eigenvalue weighted by atomic mass is 10.1. The fourth-order valence-electron chi connectivity index (χ4n) is 1.60. The number of halogens is 2. The van der Waals surface area contributed by atoms with Gasteiger partial charge in [0, 0.05) is 12.7 Å². The van der Waals surface area contributed by atoms with Gasteiger partial charge in [-0.05, 0) is 13.0 Å². The Kier molecular flexibility index (Phi) is 6.37. The van der Waals surface area contributed by atoms with Gasteiger partial charge in [0.05, 0.1) is 10.0 Å². The minimum atomic E-state index is -0.892. The minimum absolute atomic E-state index is 0.0139. The van der Waals surface area contributed by atoms with E-state index in [-0.39, 0.29) is 6.79 Å². The number of nitrogens with two attached hydrogens (primary N) is 1. The third-order valence-electron chi connectivity index (χ3n) is 2.38. The van der Waals surface area contributed by atoms with Gasteiger partial charge in [-0.1, -0.05) is 35.3 Å². The van der Waals surface area contributed by atoms with E-state index >= 15 is 0 Å². The summed E-state index contributed by atoms with van der Waals surface area (Å²) >= 11 is 12.1. The second kappa shape index (κ2) is 7.55. The number of amides is 1. The molecular weight excluding hydrogens is 293 g/mol. The average Bonchev–Trinajstić information content (AvgIpc) is 2.33. The van der Waals surface area contributed by atoms with Gasteiger partial charge in [0.1, 0.15) is 19.0 Å². The third kappa shape index (κ3) is 4.54. The Morgan fingerprint density at radius 2 is 2.11 bits per heavy atom. The third-order valence-corrected chi connectivity index (χ3v) is 3.22. The van der Waals surface area contributed by atoms with Crippen molar-refractivity contribution in [2.75, 3.05) is 13.9 Å². The number of methoxy groups -OCH3 is 1. The zero-order valence-corrected chi connectivity index (χ0v) is 12.1. The summed E-state index contributed by atoms with van der Waals surface area (Å²) in [6, 6.07) is 5.11. The molecule has 2 N–H and O–H groups in total. The highest BCUT2D eigenvalue weighted by molar-refractivity contribution is 6.42. The van der Waals surface area contributed by atoms with Gasteiger partial charge in [-0.15, -0.1) is 0 Å². The van der Waals surface area contributed by atoms with Crippen molar-refractivity contribution in [3.63, 3.8) is 0 Å². The number of hydrogen-bond acceptors (Lipinski definition) is 4. The predicted octanol–water partition coefficient (Wildman–Crippen LogP) is 3.14. The van der Waals surface area contributed by atoms with E-state index in [1.54, 1.807) is 25.1 Å². The molecule has 0 radical (unpaired) electrons. The molecule has 1 amide bonds. The molecule has 7 heteroatoms. The van der Waals surface area contributed by atoms with E-state index in [1.165, 1.54) is 7.11 Å². The molecule has 0 saturated carbocycles. The Balaban J connectivity index is 3.01. The molecule has 0 unspecified atom stereocenters. The lowest BCUT2D eigenvalue weighted by Crippen LogP contribution is -2.28. The molecule has 1 aromatic rings. The summed E-state index contributed by atoms with van der Waals surface area (Å²) < 4.78 is 15.2. The molecule has 0 heterocycles. The molecule has 2 atom stereocenters. The Hall–Kier alpha value is -1.01. The van der Waals surface area contributed by atoms with Gasteiger partial charge >= 0.3 is 6.09 Å². The standard InChI is InChI=1S/C12H15Cl2NO4/c1-7(19-12(15)16)11(18-6-17-2)8-4-3-5-9(13)10(8)14/h3-5,7,11H,6H2,1-2H3,(H2,15,16)/t7-,11+/m1/s1. The Bertz CT molecular complexity index is 442. The molecule has 0 aliphatic rings. The molecule has 19 heavy (non-hydrogen) atoms. The maximum Gasteiger partial charge on any atom is 0.404 e.